The maximum atomic E-state index is 13.2. The highest BCUT2D eigenvalue weighted by Gasteiger charge is 2.16. The summed E-state index contributed by atoms with van der Waals surface area (Å²) < 4.78 is 8.89. The van der Waals surface area contributed by atoms with E-state index >= 15 is 0 Å². The number of nitrogens with zero attached hydrogens (tertiary/aromatic N) is 3. The molecule has 0 spiro atoms. The van der Waals surface area contributed by atoms with Gasteiger partial charge in [0.05, 0.1) is 22.1 Å². The Labute approximate surface area is 201 Å². The standard InChI is InChI=1S/C23H18Br2ClN3O2/c1-3-13(2)22-28-20-8-5-15(24)11-17(20)23(30)29(22)27-12-16-6-9-21(31-16)14-4-7-18(25)19(26)10-14/h4-13H,3H2,1-2H3/t13-/m1/s1. The van der Waals surface area contributed by atoms with Crippen molar-refractivity contribution in [3.8, 4) is 11.3 Å². The second-order valence-corrected chi connectivity index (χ2v) is 9.31. The minimum atomic E-state index is -0.218. The average molecular weight is 564 g/mol. The summed E-state index contributed by atoms with van der Waals surface area (Å²) in [4.78, 5) is 17.9. The Hall–Kier alpha value is -2.22. The molecule has 0 saturated carbocycles. The molecule has 4 aromatic rings. The van der Waals surface area contributed by atoms with Crippen LogP contribution in [0, 0.1) is 0 Å². The maximum absolute atomic E-state index is 13.2. The van der Waals surface area contributed by atoms with Crippen molar-refractivity contribution in [2.75, 3.05) is 0 Å². The first-order valence-electron chi connectivity index (χ1n) is 9.69. The van der Waals surface area contributed by atoms with Gasteiger partial charge in [-0.05, 0) is 64.8 Å². The SMILES string of the molecule is CC[C@@H](C)c1nc2ccc(Br)cc2c(=O)n1N=Cc1ccc(-c2ccc(Br)c(Cl)c2)o1. The first-order valence-corrected chi connectivity index (χ1v) is 11.7. The summed E-state index contributed by atoms with van der Waals surface area (Å²) in [6.45, 7) is 4.08. The maximum Gasteiger partial charge on any atom is 0.282 e. The fourth-order valence-corrected chi connectivity index (χ4v) is 3.91. The first-order chi connectivity index (χ1) is 14.9. The Morgan fingerprint density at radius 1 is 1.19 bits per heavy atom. The van der Waals surface area contributed by atoms with Crippen LogP contribution in [-0.4, -0.2) is 15.9 Å². The zero-order valence-corrected chi connectivity index (χ0v) is 20.7. The van der Waals surface area contributed by atoms with Crippen LogP contribution < -0.4 is 5.56 Å². The highest BCUT2D eigenvalue weighted by atomic mass is 79.9. The van der Waals surface area contributed by atoms with Crippen molar-refractivity contribution in [3.05, 3.63) is 84.4 Å². The summed E-state index contributed by atoms with van der Waals surface area (Å²) in [5.41, 5.74) is 1.29. The minimum Gasteiger partial charge on any atom is -0.455 e. The van der Waals surface area contributed by atoms with Crippen molar-refractivity contribution in [1.29, 1.82) is 0 Å². The van der Waals surface area contributed by atoms with E-state index in [0.717, 1.165) is 20.9 Å². The second-order valence-electron chi connectivity index (χ2n) is 7.13. The molecule has 0 aliphatic rings. The molecule has 0 bridgehead atoms. The number of hydrogen-bond acceptors (Lipinski definition) is 4. The molecule has 31 heavy (non-hydrogen) atoms. The quantitative estimate of drug-likeness (QED) is 0.241. The molecule has 5 nitrogen and oxygen atoms in total. The molecular weight excluding hydrogens is 546 g/mol. The Bertz CT molecular complexity index is 1360. The molecule has 2 heterocycles. The number of rotatable bonds is 5. The fourth-order valence-electron chi connectivity index (χ4n) is 3.12. The van der Waals surface area contributed by atoms with E-state index in [4.69, 9.17) is 21.0 Å². The molecule has 158 valence electrons. The van der Waals surface area contributed by atoms with Gasteiger partial charge in [0.1, 0.15) is 17.3 Å². The van der Waals surface area contributed by atoms with Crippen LogP contribution in [0.25, 0.3) is 22.2 Å². The molecule has 0 fully saturated rings. The van der Waals surface area contributed by atoms with Crippen LogP contribution in [-0.2, 0) is 0 Å². The molecule has 0 amide bonds. The van der Waals surface area contributed by atoms with Crippen LogP contribution in [0.1, 0.15) is 37.8 Å². The normalized spacial score (nSPS) is 12.7. The smallest absolute Gasteiger partial charge is 0.282 e. The lowest BCUT2D eigenvalue weighted by Gasteiger charge is -2.13. The number of fused-ring (bicyclic) bond motifs is 1. The van der Waals surface area contributed by atoms with Gasteiger partial charge in [-0.15, -0.1) is 0 Å². The van der Waals surface area contributed by atoms with E-state index in [1.165, 1.54) is 10.9 Å². The third kappa shape index (κ3) is 4.54. The Balaban J connectivity index is 1.75. The van der Waals surface area contributed by atoms with Gasteiger partial charge < -0.3 is 4.42 Å². The van der Waals surface area contributed by atoms with Crippen LogP contribution in [0.2, 0.25) is 5.02 Å². The Morgan fingerprint density at radius 2 is 2.00 bits per heavy atom. The largest absolute Gasteiger partial charge is 0.455 e. The number of halogens is 3. The highest BCUT2D eigenvalue weighted by molar-refractivity contribution is 9.10. The molecule has 0 radical (unpaired) electrons. The summed E-state index contributed by atoms with van der Waals surface area (Å²) in [7, 11) is 0. The first kappa shape index (κ1) is 22.0. The summed E-state index contributed by atoms with van der Waals surface area (Å²) in [6, 6.07) is 14.7. The van der Waals surface area contributed by atoms with Gasteiger partial charge in [0, 0.05) is 20.4 Å². The van der Waals surface area contributed by atoms with Crippen molar-refractivity contribution in [3.63, 3.8) is 0 Å². The number of benzene rings is 2. The van der Waals surface area contributed by atoms with Gasteiger partial charge in [-0.2, -0.15) is 9.78 Å². The average Bonchev–Trinajstić information content (AvgIpc) is 3.23. The molecule has 0 unspecified atom stereocenters. The number of furan rings is 1. The van der Waals surface area contributed by atoms with Gasteiger partial charge in [0.25, 0.3) is 5.56 Å². The molecule has 8 heteroatoms. The Morgan fingerprint density at radius 3 is 2.74 bits per heavy atom. The van der Waals surface area contributed by atoms with E-state index in [9.17, 15) is 4.79 Å². The van der Waals surface area contributed by atoms with E-state index < -0.39 is 0 Å². The van der Waals surface area contributed by atoms with Gasteiger partial charge >= 0.3 is 0 Å². The predicted octanol–water partition coefficient (Wildman–Crippen LogP) is 7.23. The molecule has 0 N–H and O–H groups in total. The summed E-state index contributed by atoms with van der Waals surface area (Å²) >= 11 is 13.0. The molecule has 2 aromatic heterocycles. The molecule has 0 saturated heterocycles. The third-order valence-electron chi connectivity index (χ3n) is 5.02. The second kappa shape index (κ2) is 9.10. The van der Waals surface area contributed by atoms with Crippen LogP contribution >= 0.6 is 43.5 Å². The van der Waals surface area contributed by atoms with Crippen molar-refractivity contribution < 1.29 is 4.42 Å². The lowest BCUT2D eigenvalue weighted by Crippen LogP contribution is -2.23. The van der Waals surface area contributed by atoms with Crippen LogP contribution in [0.3, 0.4) is 0 Å². The van der Waals surface area contributed by atoms with Gasteiger partial charge in [0.2, 0.25) is 0 Å². The highest BCUT2D eigenvalue weighted by Crippen LogP contribution is 2.29. The molecule has 0 aliphatic carbocycles. The van der Waals surface area contributed by atoms with Crippen molar-refractivity contribution in [1.82, 2.24) is 9.66 Å². The third-order valence-corrected chi connectivity index (χ3v) is 6.74. The zero-order valence-electron chi connectivity index (χ0n) is 16.8. The van der Waals surface area contributed by atoms with Crippen LogP contribution in [0.15, 0.2) is 71.8 Å². The van der Waals surface area contributed by atoms with Gasteiger partial charge in [-0.25, -0.2) is 4.98 Å². The lowest BCUT2D eigenvalue weighted by atomic mass is 10.1. The predicted molar refractivity (Wildman–Crippen MR) is 132 cm³/mol. The monoisotopic (exact) mass is 561 g/mol. The van der Waals surface area contributed by atoms with Crippen molar-refractivity contribution in [2.45, 2.75) is 26.2 Å². The Kier molecular flexibility index (Phi) is 6.46. The summed E-state index contributed by atoms with van der Waals surface area (Å²) in [5.74, 6) is 1.86. The van der Waals surface area contributed by atoms with Crippen molar-refractivity contribution in [2.24, 2.45) is 5.10 Å². The fraction of sp³-hybridized carbons (Fsp3) is 0.174. The van der Waals surface area contributed by atoms with Crippen LogP contribution in [0.4, 0.5) is 0 Å². The van der Waals surface area contributed by atoms with E-state index in [0.29, 0.717) is 33.3 Å². The number of aromatic nitrogens is 2. The zero-order chi connectivity index (χ0) is 22.1. The number of hydrogen-bond donors (Lipinski definition) is 0. The summed E-state index contributed by atoms with van der Waals surface area (Å²) in [5, 5.41) is 5.54. The van der Waals surface area contributed by atoms with E-state index in [1.807, 2.05) is 43.3 Å². The topological polar surface area (TPSA) is 60.4 Å². The molecule has 4 rings (SSSR count). The summed E-state index contributed by atoms with van der Waals surface area (Å²) in [6.07, 6.45) is 2.36. The lowest BCUT2D eigenvalue weighted by molar-refractivity contribution is 0.571. The van der Waals surface area contributed by atoms with E-state index in [1.54, 1.807) is 12.1 Å². The van der Waals surface area contributed by atoms with Crippen molar-refractivity contribution >= 4 is 60.6 Å². The molecule has 0 aliphatic heterocycles. The van der Waals surface area contributed by atoms with Gasteiger partial charge in [0.15, 0.2) is 0 Å². The molecule has 2 aromatic carbocycles. The molecule has 1 atom stereocenters. The van der Waals surface area contributed by atoms with E-state index in [2.05, 4.69) is 43.9 Å². The minimum absolute atomic E-state index is 0.0648. The van der Waals surface area contributed by atoms with Gasteiger partial charge in [-0.1, -0.05) is 47.4 Å². The van der Waals surface area contributed by atoms with E-state index in [-0.39, 0.29) is 11.5 Å². The van der Waals surface area contributed by atoms with Gasteiger partial charge in [-0.3, -0.25) is 4.79 Å². The molecular formula is C23H18Br2ClN3O2. The van der Waals surface area contributed by atoms with Crippen LogP contribution in [0.5, 0.6) is 0 Å².